The van der Waals surface area contributed by atoms with Crippen LogP contribution in [0.4, 0.5) is 0 Å². The van der Waals surface area contributed by atoms with Crippen LogP contribution in [0.15, 0.2) is 21.6 Å². The van der Waals surface area contributed by atoms with Gasteiger partial charge in [0.1, 0.15) is 0 Å². The van der Waals surface area contributed by atoms with Crippen molar-refractivity contribution < 1.29 is 9.21 Å². The fourth-order valence-corrected chi connectivity index (χ4v) is 2.78. The maximum absolute atomic E-state index is 12.3. The van der Waals surface area contributed by atoms with Crippen molar-refractivity contribution in [2.24, 2.45) is 5.92 Å². The van der Waals surface area contributed by atoms with E-state index in [4.69, 9.17) is 4.42 Å². The topological polar surface area (TPSA) is 45.5 Å². The lowest BCUT2D eigenvalue weighted by molar-refractivity contribution is 0.0637. The largest absolute Gasteiger partial charge is 0.445 e. The Labute approximate surface area is 112 Å². The van der Waals surface area contributed by atoms with Crippen LogP contribution in [0.25, 0.3) is 0 Å². The van der Waals surface area contributed by atoms with Gasteiger partial charge in [-0.25, -0.2) is 0 Å². The third-order valence-corrected chi connectivity index (χ3v) is 3.91. The van der Waals surface area contributed by atoms with Gasteiger partial charge in [-0.3, -0.25) is 4.79 Å². The molecule has 0 bridgehead atoms. The Morgan fingerprint density at radius 3 is 3.11 bits per heavy atom. The molecule has 0 spiro atoms. The molecule has 1 saturated heterocycles. The van der Waals surface area contributed by atoms with E-state index < -0.39 is 0 Å². The number of furan rings is 1. The lowest BCUT2D eigenvalue weighted by Crippen LogP contribution is -2.42. The SMILES string of the molecule is CNCC1CCCN(C(=O)c2ccc(SC)o2)C1. The van der Waals surface area contributed by atoms with E-state index >= 15 is 0 Å². The van der Waals surface area contributed by atoms with Gasteiger partial charge in [-0.1, -0.05) is 11.8 Å². The first-order valence-corrected chi connectivity index (χ1v) is 7.54. The van der Waals surface area contributed by atoms with Crippen LogP contribution < -0.4 is 5.32 Å². The average Bonchev–Trinajstić information content (AvgIpc) is 2.87. The Kier molecular flexibility index (Phi) is 4.72. The molecule has 2 heterocycles. The van der Waals surface area contributed by atoms with Gasteiger partial charge in [0.2, 0.25) is 0 Å². The van der Waals surface area contributed by atoms with Gasteiger partial charge in [0.15, 0.2) is 10.9 Å². The maximum Gasteiger partial charge on any atom is 0.289 e. The molecule has 1 aromatic rings. The number of likely N-dealkylation sites (tertiary alicyclic amines) is 1. The maximum atomic E-state index is 12.3. The number of hydrogen-bond acceptors (Lipinski definition) is 4. The molecule has 0 saturated carbocycles. The lowest BCUT2D eigenvalue weighted by atomic mass is 9.98. The molecule has 1 amide bonds. The summed E-state index contributed by atoms with van der Waals surface area (Å²) in [5, 5.41) is 3.98. The highest BCUT2D eigenvalue weighted by Crippen LogP contribution is 2.22. The molecule has 1 aliphatic heterocycles. The van der Waals surface area contributed by atoms with E-state index in [9.17, 15) is 4.79 Å². The molecule has 4 nitrogen and oxygen atoms in total. The zero-order valence-electron chi connectivity index (χ0n) is 10.9. The van der Waals surface area contributed by atoms with Crippen molar-refractivity contribution in [1.29, 1.82) is 0 Å². The van der Waals surface area contributed by atoms with Crippen molar-refractivity contribution in [2.75, 3.05) is 32.9 Å². The van der Waals surface area contributed by atoms with Gasteiger partial charge < -0.3 is 14.6 Å². The number of piperidine rings is 1. The molecule has 0 aromatic carbocycles. The van der Waals surface area contributed by atoms with Crippen molar-refractivity contribution >= 4 is 17.7 Å². The number of hydrogen-bond donors (Lipinski definition) is 1. The number of carbonyl (C=O) groups is 1. The standard InChI is InChI=1S/C13H20N2O2S/c1-14-8-10-4-3-7-15(9-10)13(16)11-5-6-12(17-11)18-2/h5-6,10,14H,3-4,7-9H2,1-2H3. The molecule has 1 aromatic heterocycles. The summed E-state index contributed by atoms with van der Waals surface area (Å²) in [6, 6.07) is 3.63. The normalized spacial score (nSPS) is 20.1. The molecular formula is C13H20N2O2S. The van der Waals surface area contributed by atoms with E-state index in [1.165, 1.54) is 18.2 Å². The first-order chi connectivity index (χ1) is 8.74. The molecule has 100 valence electrons. The van der Waals surface area contributed by atoms with E-state index in [1.54, 1.807) is 6.07 Å². The zero-order valence-corrected chi connectivity index (χ0v) is 11.8. The Balaban J connectivity index is 1.99. The summed E-state index contributed by atoms with van der Waals surface area (Å²) in [7, 11) is 1.96. The fraction of sp³-hybridized carbons (Fsp3) is 0.615. The van der Waals surface area contributed by atoms with Crippen molar-refractivity contribution in [2.45, 2.75) is 17.9 Å². The van der Waals surface area contributed by atoms with Crippen molar-refractivity contribution in [3.05, 3.63) is 17.9 Å². The minimum atomic E-state index is 0.0242. The number of nitrogens with zero attached hydrogens (tertiary/aromatic N) is 1. The summed E-state index contributed by atoms with van der Waals surface area (Å²) >= 11 is 1.51. The van der Waals surface area contributed by atoms with Gasteiger partial charge in [-0.05, 0) is 50.7 Å². The minimum Gasteiger partial charge on any atom is -0.445 e. The van der Waals surface area contributed by atoms with E-state index in [0.29, 0.717) is 11.7 Å². The number of thioether (sulfide) groups is 1. The van der Waals surface area contributed by atoms with Gasteiger partial charge in [-0.2, -0.15) is 0 Å². The van der Waals surface area contributed by atoms with Crippen LogP contribution in [0, 0.1) is 5.92 Å². The smallest absolute Gasteiger partial charge is 0.289 e. The molecule has 18 heavy (non-hydrogen) atoms. The minimum absolute atomic E-state index is 0.0242. The fourth-order valence-electron chi connectivity index (χ4n) is 2.41. The van der Waals surface area contributed by atoms with Gasteiger partial charge in [0.25, 0.3) is 5.91 Å². The van der Waals surface area contributed by atoms with Crippen LogP contribution in [0.3, 0.4) is 0 Å². The molecule has 1 aliphatic rings. The Bertz CT molecular complexity index is 403. The Morgan fingerprint density at radius 1 is 1.61 bits per heavy atom. The second kappa shape index (κ2) is 6.29. The summed E-state index contributed by atoms with van der Waals surface area (Å²) in [5.74, 6) is 1.04. The zero-order chi connectivity index (χ0) is 13.0. The monoisotopic (exact) mass is 268 g/mol. The third-order valence-electron chi connectivity index (χ3n) is 3.29. The van der Waals surface area contributed by atoms with Gasteiger partial charge >= 0.3 is 0 Å². The van der Waals surface area contributed by atoms with Crippen LogP contribution in [-0.4, -0.2) is 43.7 Å². The first kappa shape index (κ1) is 13.5. The summed E-state index contributed by atoms with van der Waals surface area (Å²) in [6.07, 6.45) is 4.21. The van der Waals surface area contributed by atoms with Crippen LogP contribution in [0.5, 0.6) is 0 Å². The van der Waals surface area contributed by atoms with E-state index in [2.05, 4.69) is 5.32 Å². The molecule has 0 aliphatic carbocycles. The number of nitrogens with one attached hydrogen (secondary N) is 1. The second-order valence-electron chi connectivity index (χ2n) is 4.64. The number of rotatable bonds is 4. The molecule has 1 atom stereocenters. The lowest BCUT2D eigenvalue weighted by Gasteiger charge is -2.32. The Morgan fingerprint density at radius 2 is 2.44 bits per heavy atom. The van der Waals surface area contributed by atoms with E-state index in [-0.39, 0.29) is 5.91 Å². The summed E-state index contributed by atoms with van der Waals surface area (Å²) in [5.41, 5.74) is 0. The highest BCUT2D eigenvalue weighted by atomic mass is 32.2. The highest BCUT2D eigenvalue weighted by Gasteiger charge is 2.25. The predicted octanol–water partition coefficient (Wildman–Crippen LogP) is 2.07. The predicted molar refractivity (Wildman–Crippen MR) is 73.0 cm³/mol. The summed E-state index contributed by atoms with van der Waals surface area (Å²) in [6.45, 7) is 2.64. The number of amides is 1. The second-order valence-corrected chi connectivity index (χ2v) is 5.45. The van der Waals surface area contributed by atoms with Crippen molar-refractivity contribution in [3.63, 3.8) is 0 Å². The molecule has 0 radical (unpaired) electrons. The van der Waals surface area contributed by atoms with Gasteiger partial charge in [0, 0.05) is 13.1 Å². The third kappa shape index (κ3) is 3.09. The van der Waals surface area contributed by atoms with Crippen LogP contribution in [0.2, 0.25) is 0 Å². The molecule has 1 unspecified atom stereocenters. The van der Waals surface area contributed by atoms with Crippen LogP contribution >= 0.6 is 11.8 Å². The van der Waals surface area contributed by atoms with Crippen LogP contribution in [0.1, 0.15) is 23.4 Å². The van der Waals surface area contributed by atoms with Crippen molar-refractivity contribution in [3.8, 4) is 0 Å². The summed E-state index contributed by atoms with van der Waals surface area (Å²) in [4.78, 5) is 14.2. The number of carbonyl (C=O) groups excluding carboxylic acids is 1. The highest BCUT2D eigenvalue weighted by molar-refractivity contribution is 7.98. The van der Waals surface area contributed by atoms with E-state index in [0.717, 1.165) is 31.1 Å². The molecule has 1 N–H and O–H groups in total. The molecule has 5 heteroatoms. The van der Waals surface area contributed by atoms with E-state index in [1.807, 2.05) is 24.3 Å². The summed E-state index contributed by atoms with van der Waals surface area (Å²) < 4.78 is 5.50. The first-order valence-electron chi connectivity index (χ1n) is 6.32. The van der Waals surface area contributed by atoms with Gasteiger partial charge in [0.05, 0.1) is 0 Å². The van der Waals surface area contributed by atoms with Crippen molar-refractivity contribution in [1.82, 2.24) is 10.2 Å². The molecule has 1 fully saturated rings. The quantitative estimate of drug-likeness (QED) is 0.849. The van der Waals surface area contributed by atoms with Gasteiger partial charge in [-0.15, -0.1) is 0 Å². The molecular weight excluding hydrogens is 248 g/mol. The van der Waals surface area contributed by atoms with Crippen LogP contribution in [-0.2, 0) is 0 Å². The Hall–Kier alpha value is -0.940. The molecule has 2 rings (SSSR count). The average molecular weight is 268 g/mol.